The molecule has 0 N–H and O–H groups in total. The van der Waals surface area contributed by atoms with Gasteiger partial charge in [-0.3, -0.25) is 0 Å². The van der Waals surface area contributed by atoms with Crippen molar-refractivity contribution in [2.45, 2.75) is 33.1 Å². The molecule has 1 heteroatoms. The summed E-state index contributed by atoms with van der Waals surface area (Å²) in [4.78, 5) is 0. The van der Waals surface area contributed by atoms with Gasteiger partial charge in [-0.2, -0.15) is 0 Å². The topological polar surface area (TPSA) is 0 Å². The van der Waals surface area contributed by atoms with E-state index in [9.17, 15) is 0 Å². The van der Waals surface area contributed by atoms with E-state index in [1.807, 2.05) is 0 Å². The monoisotopic (exact) mass is 168 g/mol. The number of hydrogen-bond donors (Lipinski definition) is 0. The minimum atomic E-state index is 1.28. The van der Waals surface area contributed by atoms with Crippen molar-refractivity contribution in [3.63, 3.8) is 0 Å². The lowest BCUT2D eigenvalue weighted by Gasteiger charge is -2.33. The van der Waals surface area contributed by atoms with Crippen LogP contribution < -0.4 is 0 Å². The second-order valence-electron chi connectivity index (χ2n) is 4.38. The Balaban J connectivity index is 2.49. The van der Waals surface area contributed by atoms with Crippen LogP contribution in [0.4, 0.5) is 0 Å². The van der Waals surface area contributed by atoms with Crippen LogP contribution in [-0.2, 0) is 0 Å². The summed E-state index contributed by atoms with van der Waals surface area (Å²) >= 11 is 0. The molecule has 1 aliphatic heterocycles. The Hall–Kier alpha value is -0.300. The molecule has 0 aromatic carbocycles. The van der Waals surface area contributed by atoms with Gasteiger partial charge >= 0.3 is 0 Å². The molecule has 12 heavy (non-hydrogen) atoms. The van der Waals surface area contributed by atoms with Crippen LogP contribution in [0.25, 0.3) is 0 Å². The summed E-state index contributed by atoms with van der Waals surface area (Å²) in [6.07, 6.45) is 6.31. The third kappa shape index (κ3) is 2.63. The highest BCUT2D eigenvalue weighted by atomic mass is 15.3. The van der Waals surface area contributed by atoms with E-state index in [1.54, 1.807) is 5.57 Å². The maximum absolute atomic E-state index is 2.42. The van der Waals surface area contributed by atoms with Crippen molar-refractivity contribution in [1.82, 2.24) is 0 Å². The molecule has 0 radical (unpaired) electrons. The molecule has 70 valence electrons. The fourth-order valence-electron chi connectivity index (χ4n) is 2.05. The molecule has 0 amide bonds. The first kappa shape index (κ1) is 9.79. The Morgan fingerprint density at radius 3 is 2.83 bits per heavy atom. The molecular weight excluding hydrogens is 146 g/mol. The van der Waals surface area contributed by atoms with Gasteiger partial charge in [0.1, 0.15) is 0 Å². The van der Waals surface area contributed by atoms with Gasteiger partial charge in [0.25, 0.3) is 0 Å². The van der Waals surface area contributed by atoms with E-state index in [0.29, 0.717) is 0 Å². The zero-order valence-corrected chi connectivity index (χ0v) is 8.77. The third-order valence-corrected chi connectivity index (χ3v) is 2.97. The second-order valence-corrected chi connectivity index (χ2v) is 4.38. The molecule has 0 saturated heterocycles. The largest absolute Gasteiger partial charge is 0.326 e. The summed E-state index contributed by atoms with van der Waals surface area (Å²) < 4.78 is 1.28. The molecule has 0 aromatic heterocycles. The molecule has 1 atom stereocenters. The van der Waals surface area contributed by atoms with Gasteiger partial charge in [0.2, 0.25) is 0 Å². The van der Waals surface area contributed by atoms with Gasteiger partial charge in [0, 0.05) is 12.8 Å². The maximum atomic E-state index is 2.42. The van der Waals surface area contributed by atoms with E-state index in [1.165, 1.54) is 43.4 Å². The van der Waals surface area contributed by atoms with E-state index >= 15 is 0 Å². The van der Waals surface area contributed by atoms with Crippen LogP contribution in [0.5, 0.6) is 0 Å². The van der Waals surface area contributed by atoms with Crippen LogP contribution in [0.15, 0.2) is 11.6 Å². The summed E-state index contributed by atoms with van der Waals surface area (Å²) in [5, 5.41) is 0. The number of rotatable bonds is 2. The molecule has 0 bridgehead atoms. The quantitative estimate of drug-likeness (QED) is 0.439. The third-order valence-electron chi connectivity index (χ3n) is 2.97. The van der Waals surface area contributed by atoms with Crippen LogP contribution in [-0.4, -0.2) is 31.2 Å². The van der Waals surface area contributed by atoms with Gasteiger partial charge in [0.15, 0.2) is 0 Å². The first-order valence-electron chi connectivity index (χ1n) is 5.15. The summed E-state index contributed by atoms with van der Waals surface area (Å²) in [7, 11) is 2.40. The van der Waals surface area contributed by atoms with Crippen LogP contribution in [0.1, 0.15) is 33.1 Å². The van der Waals surface area contributed by atoms with Gasteiger partial charge in [-0.05, 0) is 13.3 Å². The normalized spacial score (nSPS) is 31.1. The fourth-order valence-corrected chi connectivity index (χ4v) is 2.05. The predicted octanol–water partition coefficient (Wildman–Crippen LogP) is 2.58. The van der Waals surface area contributed by atoms with Gasteiger partial charge < -0.3 is 4.48 Å². The molecule has 0 aliphatic carbocycles. The Labute approximate surface area is 76.7 Å². The van der Waals surface area contributed by atoms with E-state index in [2.05, 4.69) is 27.0 Å². The standard InChI is InChI=1S/C11H22N/c1-4-8-12(3)9-5-6-11(2)7-10-12/h6H,4-5,7-10H2,1-3H3/q+1. The fraction of sp³-hybridized carbons (Fsp3) is 0.818. The zero-order valence-electron chi connectivity index (χ0n) is 8.77. The zero-order chi connectivity index (χ0) is 9.03. The lowest BCUT2D eigenvalue weighted by molar-refractivity contribution is -0.908. The molecule has 0 spiro atoms. The Morgan fingerprint density at radius 1 is 1.42 bits per heavy atom. The highest BCUT2D eigenvalue weighted by Gasteiger charge is 2.21. The average molecular weight is 168 g/mol. The molecular formula is C11H22N+. The van der Waals surface area contributed by atoms with Crippen molar-refractivity contribution in [3.05, 3.63) is 11.6 Å². The van der Waals surface area contributed by atoms with Crippen molar-refractivity contribution in [3.8, 4) is 0 Å². The smallest absolute Gasteiger partial charge is 0.0822 e. The molecule has 1 aliphatic rings. The van der Waals surface area contributed by atoms with Gasteiger partial charge in [-0.15, -0.1) is 0 Å². The maximum Gasteiger partial charge on any atom is 0.0822 e. The average Bonchev–Trinajstić information content (AvgIpc) is 2.15. The Bertz CT molecular complexity index is 172. The van der Waals surface area contributed by atoms with Crippen molar-refractivity contribution in [2.24, 2.45) is 0 Å². The molecule has 0 aromatic rings. The molecule has 1 rings (SSSR count). The lowest BCUT2D eigenvalue weighted by atomic mass is 10.2. The van der Waals surface area contributed by atoms with Crippen molar-refractivity contribution < 1.29 is 4.48 Å². The molecule has 0 saturated carbocycles. The van der Waals surface area contributed by atoms with Crippen molar-refractivity contribution in [1.29, 1.82) is 0 Å². The van der Waals surface area contributed by atoms with Crippen LogP contribution in [0.2, 0.25) is 0 Å². The van der Waals surface area contributed by atoms with Crippen LogP contribution in [0.3, 0.4) is 0 Å². The SMILES string of the molecule is CCC[N+]1(C)CCC=C(C)CC1. The predicted molar refractivity (Wildman–Crippen MR) is 54.1 cm³/mol. The molecule has 1 nitrogen and oxygen atoms in total. The van der Waals surface area contributed by atoms with Crippen molar-refractivity contribution >= 4 is 0 Å². The van der Waals surface area contributed by atoms with Gasteiger partial charge in [-0.25, -0.2) is 0 Å². The lowest BCUT2D eigenvalue weighted by Crippen LogP contribution is -2.45. The molecule has 1 heterocycles. The van der Waals surface area contributed by atoms with Gasteiger partial charge in [-0.1, -0.05) is 18.6 Å². The first-order chi connectivity index (χ1) is 5.66. The Kier molecular flexibility index (Phi) is 3.33. The first-order valence-corrected chi connectivity index (χ1v) is 5.15. The van der Waals surface area contributed by atoms with Crippen LogP contribution in [0, 0.1) is 0 Å². The van der Waals surface area contributed by atoms with E-state index in [0.717, 1.165) is 0 Å². The number of quaternary nitrogens is 1. The molecule has 1 unspecified atom stereocenters. The summed E-state index contributed by atoms with van der Waals surface area (Å²) in [6, 6.07) is 0. The Morgan fingerprint density at radius 2 is 2.17 bits per heavy atom. The number of nitrogens with zero attached hydrogens (tertiary/aromatic N) is 1. The minimum Gasteiger partial charge on any atom is -0.326 e. The highest BCUT2D eigenvalue weighted by Crippen LogP contribution is 2.16. The minimum absolute atomic E-state index is 1.28. The van der Waals surface area contributed by atoms with Crippen molar-refractivity contribution in [2.75, 3.05) is 26.7 Å². The summed E-state index contributed by atoms with van der Waals surface area (Å²) in [5.74, 6) is 0. The highest BCUT2D eigenvalue weighted by molar-refractivity contribution is 4.98. The van der Waals surface area contributed by atoms with E-state index < -0.39 is 0 Å². The summed E-state index contributed by atoms with van der Waals surface area (Å²) in [6.45, 7) is 8.58. The van der Waals surface area contributed by atoms with Gasteiger partial charge in [0.05, 0.1) is 26.7 Å². The van der Waals surface area contributed by atoms with Crippen LogP contribution >= 0.6 is 0 Å². The molecule has 0 fully saturated rings. The second kappa shape index (κ2) is 4.08. The summed E-state index contributed by atoms with van der Waals surface area (Å²) in [5.41, 5.74) is 1.59. The van der Waals surface area contributed by atoms with E-state index in [-0.39, 0.29) is 0 Å². The number of hydrogen-bond acceptors (Lipinski definition) is 0. The van der Waals surface area contributed by atoms with E-state index in [4.69, 9.17) is 0 Å².